The Hall–Kier alpha value is -2.70. The Kier molecular flexibility index (Phi) is 6.21. The highest BCUT2D eigenvalue weighted by atomic mass is 16.5. The van der Waals surface area contributed by atoms with Crippen LogP contribution in [0.4, 0.5) is 0 Å². The highest BCUT2D eigenvalue weighted by Crippen LogP contribution is 2.16. The monoisotopic (exact) mass is 367 g/mol. The molecule has 0 bridgehead atoms. The minimum absolute atomic E-state index is 0.0693. The van der Waals surface area contributed by atoms with Crippen molar-refractivity contribution < 1.29 is 9.47 Å². The minimum Gasteiger partial charge on any atom is -0.486 e. The molecule has 2 aromatic carbocycles. The second-order valence-electron chi connectivity index (χ2n) is 6.37. The molecule has 0 unspecified atom stereocenters. The molecule has 0 fully saturated rings. The lowest BCUT2D eigenvalue weighted by Crippen LogP contribution is -2.24. The first-order valence-electron chi connectivity index (χ1n) is 9.12. The molecular formula is C21H25N3O3. The van der Waals surface area contributed by atoms with E-state index in [4.69, 9.17) is 15.2 Å². The standard InChI is InChI=1S/C21H25N3O3/c1-3-26-19(22)13-10-15-8-11-16(12-9-15)27-14-20-23-18-7-5-4-6-17(18)21(25)24(20)2/h4-9,11-12,19H,3,10,13-14,22H2,1-2H3/t19-/m0/s1. The van der Waals surface area contributed by atoms with Crippen molar-refractivity contribution >= 4 is 10.9 Å². The van der Waals surface area contributed by atoms with Gasteiger partial charge in [-0.15, -0.1) is 0 Å². The second kappa shape index (κ2) is 8.79. The molecule has 0 aliphatic rings. The van der Waals surface area contributed by atoms with Gasteiger partial charge in [0.15, 0.2) is 0 Å². The first-order valence-corrected chi connectivity index (χ1v) is 9.12. The average Bonchev–Trinajstić information content (AvgIpc) is 2.69. The Labute approximate surface area is 158 Å². The van der Waals surface area contributed by atoms with Crippen molar-refractivity contribution in [1.82, 2.24) is 9.55 Å². The molecule has 6 nitrogen and oxygen atoms in total. The van der Waals surface area contributed by atoms with Crippen LogP contribution in [0.25, 0.3) is 10.9 Å². The van der Waals surface area contributed by atoms with Crippen LogP contribution in [-0.4, -0.2) is 22.4 Å². The molecule has 3 aromatic rings. The lowest BCUT2D eigenvalue weighted by Gasteiger charge is -2.12. The zero-order valence-corrected chi connectivity index (χ0v) is 15.7. The van der Waals surface area contributed by atoms with Gasteiger partial charge in [0.05, 0.1) is 10.9 Å². The maximum atomic E-state index is 12.4. The molecule has 0 saturated heterocycles. The Morgan fingerprint density at radius 2 is 1.89 bits per heavy atom. The van der Waals surface area contributed by atoms with E-state index in [-0.39, 0.29) is 18.4 Å². The highest BCUT2D eigenvalue weighted by molar-refractivity contribution is 5.77. The average molecular weight is 367 g/mol. The van der Waals surface area contributed by atoms with E-state index in [1.165, 1.54) is 10.1 Å². The van der Waals surface area contributed by atoms with E-state index in [9.17, 15) is 4.79 Å². The van der Waals surface area contributed by atoms with Gasteiger partial charge < -0.3 is 15.2 Å². The third kappa shape index (κ3) is 4.72. The number of fused-ring (bicyclic) bond motifs is 1. The minimum atomic E-state index is -0.230. The van der Waals surface area contributed by atoms with Crippen LogP contribution in [0.2, 0.25) is 0 Å². The lowest BCUT2D eigenvalue weighted by atomic mass is 10.1. The Morgan fingerprint density at radius 3 is 2.63 bits per heavy atom. The number of hydrogen-bond donors (Lipinski definition) is 1. The van der Waals surface area contributed by atoms with Gasteiger partial charge in [0.2, 0.25) is 0 Å². The van der Waals surface area contributed by atoms with Crippen LogP contribution in [0.1, 0.15) is 24.7 Å². The SMILES string of the molecule is CCO[C@H](N)CCc1ccc(OCc2nc3ccccc3c(=O)n2C)cc1. The van der Waals surface area contributed by atoms with Crippen molar-refractivity contribution in [3.63, 3.8) is 0 Å². The van der Waals surface area contributed by atoms with Crippen molar-refractivity contribution in [2.75, 3.05) is 6.61 Å². The van der Waals surface area contributed by atoms with E-state index in [2.05, 4.69) is 4.98 Å². The summed E-state index contributed by atoms with van der Waals surface area (Å²) in [5.41, 5.74) is 7.64. The first kappa shape index (κ1) is 19.1. The van der Waals surface area contributed by atoms with Crippen LogP contribution in [-0.2, 0) is 24.8 Å². The largest absolute Gasteiger partial charge is 0.486 e. The van der Waals surface area contributed by atoms with Crippen LogP contribution in [0.15, 0.2) is 53.3 Å². The molecule has 0 spiro atoms. The molecule has 0 amide bonds. The highest BCUT2D eigenvalue weighted by Gasteiger charge is 2.08. The van der Waals surface area contributed by atoms with Crippen molar-refractivity contribution in [1.29, 1.82) is 0 Å². The summed E-state index contributed by atoms with van der Waals surface area (Å²) in [7, 11) is 1.71. The molecule has 0 radical (unpaired) electrons. The van der Waals surface area contributed by atoms with Crippen molar-refractivity contribution in [2.45, 2.75) is 32.6 Å². The third-order valence-electron chi connectivity index (χ3n) is 4.47. The number of benzene rings is 2. The first-order chi connectivity index (χ1) is 13.1. The Balaban J connectivity index is 1.64. The van der Waals surface area contributed by atoms with Gasteiger partial charge in [0.1, 0.15) is 24.4 Å². The summed E-state index contributed by atoms with van der Waals surface area (Å²) >= 11 is 0. The molecule has 27 heavy (non-hydrogen) atoms. The lowest BCUT2D eigenvalue weighted by molar-refractivity contribution is 0.0619. The molecule has 0 aliphatic heterocycles. The molecule has 0 saturated carbocycles. The van der Waals surface area contributed by atoms with Gasteiger partial charge >= 0.3 is 0 Å². The van der Waals surface area contributed by atoms with Gasteiger partial charge in [0.25, 0.3) is 5.56 Å². The van der Waals surface area contributed by atoms with Crippen LogP contribution in [0, 0.1) is 0 Å². The molecule has 3 rings (SSSR count). The zero-order chi connectivity index (χ0) is 19.2. The van der Waals surface area contributed by atoms with Crippen molar-refractivity contribution in [2.24, 2.45) is 12.8 Å². The van der Waals surface area contributed by atoms with Gasteiger partial charge in [-0.2, -0.15) is 0 Å². The van der Waals surface area contributed by atoms with E-state index >= 15 is 0 Å². The third-order valence-corrected chi connectivity index (χ3v) is 4.47. The van der Waals surface area contributed by atoms with Gasteiger partial charge in [-0.3, -0.25) is 9.36 Å². The summed E-state index contributed by atoms with van der Waals surface area (Å²) in [6.45, 7) is 2.79. The fourth-order valence-corrected chi connectivity index (χ4v) is 2.90. The number of nitrogens with two attached hydrogens (primary N) is 1. The molecule has 142 valence electrons. The van der Waals surface area contributed by atoms with Gasteiger partial charge in [0, 0.05) is 13.7 Å². The predicted molar refractivity (Wildman–Crippen MR) is 106 cm³/mol. The van der Waals surface area contributed by atoms with Gasteiger partial charge in [-0.05, 0) is 49.6 Å². The molecule has 6 heteroatoms. The second-order valence-corrected chi connectivity index (χ2v) is 6.37. The fraction of sp³-hybridized carbons (Fsp3) is 0.333. The van der Waals surface area contributed by atoms with Crippen LogP contribution >= 0.6 is 0 Å². The number of ether oxygens (including phenoxy) is 2. The number of hydrogen-bond acceptors (Lipinski definition) is 5. The Bertz CT molecular complexity index is 951. The summed E-state index contributed by atoms with van der Waals surface area (Å²) < 4.78 is 12.7. The van der Waals surface area contributed by atoms with Crippen LogP contribution in [0.3, 0.4) is 0 Å². The molecule has 1 aromatic heterocycles. The number of rotatable bonds is 8. The van der Waals surface area contributed by atoms with Crippen molar-refractivity contribution in [3.05, 3.63) is 70.3 Å². The quantitative estimate of drug-likeness (QED) is 0.619. The molecule has 1 heterocycles. The molecule has 2 N–H and O–H groups in total. The Morgan fingerprint density at radius 1 is 1.15 bits per heavy atom. The van der Waals surface area contributed by atoms with Crippen LogP contribution < -0.4 is 16.0 Å². The number of aryl methyl sites for hydroxylation is 1. The molecule has 0 aliphatic carbocycles. The normalized spacial score (nSPS) is 12.3. The van der Waals surface area contributed by atoms with Gasteiger partial charge in [-0.1, -0.05) is 24.3 Å². The van der Waals surface area contributed by atoms with E-state index in [0.717, 1.165) is 18.6 Å². The number of para-hydroxylation sites is 1. The maximum Gasteiger partial charge on any atom is 0.261 e. The summed E-state index contributed by atoms with van der Waals surface area (Å²) in [5, 5.41) is 0.610. The number of nitrogens with zero attached hydrogens (tertiary/aromatic N) is 2. The van der Waals surface area contributed by atoms with Crippen molar-refractivity contribution in [3.8, 4) is 5.75 Å². The predicted octanol–water partition coefficient (Wildman–Crippen LogP) is 2.77. The van der Waals surface area contributed by atoms with E-state index in [1.807, 2.05) is 49.4 Å². The summed E-state index contributed by atoms with van der Waals surface area (Å²) in [5.74, 6) is 1.32. The van der Waals surface area contributed by atoms with E-state index in [1.54, 1.807) is 13.1 Å². The fourth-order valence-electron chi connectivity index (χ4n) is 2.90. The van der Waals surface area contributed by atoms with E-state index < -0.39 is 0 Å². The molecule has 1 atom stereocenters. The topological polar surface area (TPSA) is 79.4 Å². The zero-order valence-electron chi connectivity index (χ0n) is 15.7. The number of aromatic nitrogens is 2. The van der Waals surface area contributed by atoms with Gasteiger partial charge in [-0.25, -0.2) is 4.98 Å². The van der Waals surface area contributed by atoms with Crippen LogP contribution in [0.5, 0.6) is 5.75 Å². The molecular weight excluding hydrogens is 342 g/mol. The maximum absolute atomic E-state index is 12.4. The summed E-state index contributed by atoms with van der Waals surface area (Å²) in [6.07, 6.45) is 1.39. The smallest absolute Gasteiger partial charge is 0.261 e. The summed E-state index contributed by atoms with van der Waals surface area (Å²) in [6, 6.07) is 15.2. The van der Waals surface area contributed by atoms with E-state index in [0.29, 0.717) is 23.3 Å². The summed E-state index contributed by atoms with van der Waals surface area (Å²) in [4.78, 5) is 17.0.